The van der Waals surface area contributed by atoms with E-state index in [-0.39, 0.29) is 29.8 Å². The van der Waals surface area contributed by atoms with Gasteiger partial charge in [0, 0.05) is 6.54 Å². The highest BCUT2D eigenvalue weighted by Crippen LogP contribution is 2.25. The van der Waals surface area contributed by atoms with Gasteiger partial charge in [-0.2, -0.15) is 5.26 Å². The number of ether oxygens (including phenoxy) is 1. The van der Waals surface area contributed by atoms with Gasteiger partial charge in [-0.05, 0) is 49.9 Å². The number of hydrogen-bond donors (Lipinski definition) is 1. The van der Waals surface area contributed by atoms with Gasteiger partial charge in [0.1, 0.15) is 17.4 Å². The number of Topliss-reactive ketones (excluding diaryl/α,β-unsaturated/α-hetero) is 1. The van der Waals surface area contributed by atoms with Gasteiger partial charge in [-0.25, -0.2) is 0 Å². The minimum Gasteiger partial charge on any atom is -0.494 e. The highest BCUT2D eigenvalue weighted by molar-refractivity contribution is 6.01. The van der Waals surface area contributed by atoms with Crippen LogP contribution in [0.2, 0.25) is 0 Å². The fourth-order valence-electron chi connectivity index (χ4n) is 3.11. The van der Waals surface area contributed by atoms with Crippen LogP contribution in [0.15, 0.2) is 23.0 Å². The molecule has 0 aliphatic heterocycles. The van der Waals surface area contributed by atoms with Gasteiger partial charge in [-0.3, -0.25) is 14.2 Å². The Kier molecular flexibility index (Phi) is 7.00. The van der Waals surface area contributed by atoms with E-state index in [1.165, 1.54) is 6.92 Å². The molecule has 6 heteroatoms. The summed E-state index contributed by atoms with van der Waals surface area (Å²) in [5.74, 6) is -0.286. The van der Waals surface area contributed by atoms with E-state index in [2.05, 4.69) is 0 Å². The first-order valence-electron chi connectivity index (χ1n) is 9.42. The van der Waals surface area contributed by atoms with Gasteiger partial charge in [0.25, 0.3) is 5.56 Å². The fourth-order valence-corrected chi connectivity index (χ4v) is 3.11. The SMILES string of the molecule is CCCCCn1c(O)c(C(=O)COc2cccc(C)c2C)c(C)c(C#N)c1=O. The van der Waals surface area contributed by atoms with Crippen LogP contribution in [0.25, 0.3) is 0 Å². The second kappa shape index (κ2) is 9.23. The molecule has 0 fully saturated rings. The molecule has 6 nitrogen and oxygen atoms in total. The maximum Gasteiger partial charge on any atom is 0.271 e. The fraction of sp³-hybridized carbons (Fsp3) is 0.409. The van der Waals surface area contributed by atoms with Crippen LogP contribution in [0.1, 0.15) is 58.8 Å². The van der Waals surface area contributed by atoms with Crippen molar-refractivity contribution >= 4 is 5.78 Å². The van der Waals surface area contributed by atoms with Gasteiger partial charge in [0.15, 0.2) is 6.61 Å². The Balaban J connectivity index is 2.39. The molecule has 0 atom stereocenters. The van der Waals surface area contributed by atoms with Gasteiger partial charge in [-0.1, -0.05) is 31.9 Å². The third-order valence-electron chi connectivity index (χ3n) is 4.98. The summed E-state index contributed by atoms with van der Waals surface area (Å²) in [5.41, 5.74) is 1.44. The zero-order valence-corrected chi connectivity index (χ0v) is 16.8. The molecule has 0 amide bonds. The van der Waals surface area contributed by atoms with E-state index in [1.807, 2.05) is 39.0 Å². The van der Waals surface area contributed by atoms with Crippen LogP contribution in [-0.2, 0) is 6.54 Å². The molecule has 0 bridgehead atoms. The first kappa shape index (κ1) is 21.2. The molecule has 0 radical (unpaired) electrons. The Morgan fingerprint density at radius 3 is 2.57 bits per heavy atom. The normalized spacial score (nSPS) is 10.5. The molecule has 1 aromatic carbocycles. The molecule has 0 saturated heterocycles. The summed E-state index contributed by atoms with van der Waals surface area (Å²) in [7, 11) is 0. The van der Waals surface area contributed by atoms with Crippen molar-refractivity contribution < 1.29 is 14.6 Å². The Morgan fingerprint density at radius 1 is 1.21 bits per heavy atom. The smallest absolute Gasteiger partial charge is 0.271 e. The summed E-state index contributed by atoms with van der Waals surface area (Å²) in [6, 6.07) is 7.43. The number of carbonyl (C=O) groups is 1. The molecule has 148 valence electrons. The number of aryl methyl sites for hydroxylation is 1. The molecule has 2 rings (SSSR count). The Hall–Kier alpha value is -3.07. The van der Waals surface area contributed by atoms with Gasteiger partial charge in [-0.15, -0.1) is 0 Å². The Labute approximate surface area is 165 Å². The van der Waals surface area contributed by atoms with E-state index in [4.69, 9.17) is 4.74 Å². The summed E-state index contributed by atoms with van der Waals surface area (Å²) in [6.07, 6.45) is 2.49. The number of nitrogens with zero attached hydrogens (tertiary/aromatic N) is 2. The van der Waals surface area contributed by atoms with Crippen LogP contribution >= 0.6 is 0 Å². The second-order valence-corrected chi connectivity index (χ2v) is 6.88. The van der Waals surface area contributed by atoms with Crippen LogP contribution in [0.5, 0.6) is 11.6 Å². The van der Waals surface area contributed by atoms with Crippen molar-refractivity contribution in [1.29, 1.82) is 5.26 Å². The molecule has 0 spiro atoms. The Morgan fingerprint density at radius 2 is 1.93 bits per heavy atom. The molecule has 28 heavy (non-hydrogen) atoms. The molecule has 2 aromatic rings. The molecule has 1 N–H and O–H groups in total. The van der Waals surface area contributed by atoms with E-state index in [0.29, 0.717) is 12.2 Å². The average Bonchev–Trinajstić information content (AvgIpc) is 2.66. The molecule has 0 saturated carbocycles. The van der Waals surface area contributed by atoms with E-state index < -0.39 is 17.2 Å². The predicted octanol–water partition coefficient (Wildman–Crippen LogP) is 3.80. The number of ketones is 1. The van der Waals surface area contributed by atoms with Crippen LogP contribution in [0.4, 0.5) is 0 Å². The summed E-state index contributed by atoms with van der Waals surface area (Å²) in [6.45, 7) is 7.34. The van der Waals surface area contributed by atoms with Gasteiger partial charge in [0.2, 0.25) is 11.7 Å². The topological polar surface area (TPSA) is 92.3 Å². The van der Waals surface area contributed by atoms with E-state index >= 15 is 0 Å². The van der Waals surface area contributed by atoms with Crippen LogP contribution < -0.4 is 10.3 Å². The van der Waals surface area contributed by atoms with Gasteiger partial charge < -0.3 is 9.84 Å². The van der Waals surface area contributed by atoms with E-state index in [9.17, 15) is 20.0 Å². The third-order valence-corrected chi connectivity index (χ3v) is 4.98. The summed E-state index contributed by atoms with van der Waals surface area (Å²) >= 11 is 0. The zero-order valence-electron chi connectivity index (χ0n) is 16.8. The summed E-state index contributed by atoms with van der Waals surface area (Å²) in [4.78, 5) is 25.3. The quantitative estimate of drug-likeness (QED) is 0.554. The van der Waals surface area contributed by atoms with Crippen molar-refractivity contribution in [3.8, 4) is 17.7 Å². The van der Waals surface area contributed by atoms with Crippen LogP contribution in [-0.4, -0.2) is 22.1 Å². The molecule has 1 heterocycles. The number of rotatable bonds is 8. The number of benzene rings is 1. The number of carbonyl (C=O) groups excluding carboxylic acids is 1. The van der Waals surface area contributed by atoms with Crippen molar-refractivity contribution in [1.82, 2.24) is 4.57 Å². The van der Waals surface area contributed by atoms with Crippen LogP contribution in [0, 0.1) is 32.1 Å². The Bertz CT molecular complexity index is 983. The molecule has 0 aliphatic carbocycles. The lowest BCUT2D eigenvalue weighted by Crippen LogP contribution is -2.28. The van der Waals surface area contributed by atoms with Crippen molar-refractivity contribution in [3.05, 3.63) is 56.4 Å². The number of hydrogen-bond acceptors (Lipinski definition) is 5. The molecular weight excluding hydrogens is 356 g/mol. The van der Waals surface area contributed by atoms with Crippen molar-refractivity contribution in [2.24, 2.45) is 0 Å². The van der Waals surface area contributed by atoms with Crippen LogP contribution in [0.3, 0.4) is 0 Å². The van der Waals surface area contributed by atoms with E-state index in [0.717, 1.165) is 28.5 Å². The molecule has 0 aliphatic rings. The highest BCUT2D eigenvalue weighted by Gasteiger charge is 2.24. The lowest BCUT2D eigenvalue weighted by atomic mass is 10.0. The number of aromatic hydroxyl groups is 1. The molecule has 0 unspecified atom stereocenters. The lowest BCUT2D eigenvalue weighted by Gasteiger charge is -2.16. The summed E-state index contributed by atoms with van der Waals surface area (Å²) < 4.78 is 6.77. The first-order valence-corrected chi connectivity index (χ1v) is 9.42. The highest BCUT2D eigenvalue weighted by atomic mass is 16.5. The van der Waals surface area contributed by atoms with E-state index in [1.54, 1.807) is 6.07 Å². The first-order chi connectivity index (χ1) is 13.3. The predicted molar refractivity (Wildman–Crippen MR) is 107 cm³/mol. The van der Waals surface area contributed by atoms with Crippen molar-refractivity contribution in [2.45, 2.75) is 53.5 Å². The van der Waals surface area contributed by atoms with Gasteiger partial charge in [0.05, 0.1) is 5.56 Å². The second-order valence-electron chi connectivity index (χ2n) is 6.88. The molecular formula is C22H26N2O4. The molecule has 1 aromatic heterocycles. The number of nitriles is 1. The lowest BCUT2D eigenvalue weighted by molar-refractivity contribution is 0.0915. The van der Waals surface area contributed by atoms with Crippen molar-refractivity contribution in [3.63, 3.8) is 0 Å². The number of pyridine rings is 1. The van der Waals surface area contributed by atoms with Crippen molar-refractivity contribution in [2.75, 3.05) is 6.61 Å². The number of unbranched alkanes of at least 4 members (excludes halogenated alkanes) is 2. The maximum absolute atomic E-state index is 12.8. The average molecular weight is 382 g/mol. The maximum atomic E-state index is 12.8. The monoisotopic (exact) mass is 382 g/mol. The standard InChI is InChI=1S/C22H26N2O4/c1-5-6-7-11-24-21(26)17(12-23)16(4)20(22(24)27)18(25)13-28-19-10-8-9-14(2)15(19)3/h8-10,27H,5-7,11,13H2,1-4H3. The minimum atomic E-state index is -0.569. The third kappa shape index (κ3) is 4.25. The minimum absolute atomic E-state index is 0.0297. The van der Waals surface area contributed by atoms with Gasteiger partial charge >= 0.3 is 0 Å². The summed E-state index contributed by atoms with van der Waals surface area (Å²) in [5, 5.41) is 20.0. The zero-order chi connectivity index (χ0) is 20.8. The largest absolute Gasteiger partial charge is 0.494 e. The number of aromatic nitrogens is 1.